The number of methoxy groups -OCH3 is 2. The standard InChI is InChI=1S/C15H19N5O6S/c1-4-7-20-8-5-6-10(13(20)21)27(23,24)19-15(22)18-14-16-11(25-2)9-12(17-14)26-3/h5-6,8-9H,4,7H2,1-3H3,(H2,16,17,18,19,22). The lowest BCUT2D eigenvalue weighted by atomic mass is 10.4. The minimum absolute atomic E-state index is 0.102. The van der Waals surface area contributed by atoms with Crippen LogP contribution in [0.5, 0.6) is 11.8 Å². The lowest BCUT2D eigenvalue weighted by Gasteiger charge is -2.10. The first-order chi connectivity index (χ1) is 12.8. The average molecular weight is 397 g/mol. The zero-order valence-corrected chi connectivity index (χ0v) is 15.7. The Labute approximate surface area is 155 Å². The molecule has 2 aromatic rings. The van der Waals surface area contributed by atoms with Crippen LogP contribution in [-0.2, 0) is 16.6 Å². The molecule has 2 N–H and O–H groups in total. The van der Waals surface area contributed by atoms with Crippen molar-refractivity contribution < 1.29 is 22.7 Å². The number of ether oxygens (including phenoxy) is 2. The number of nitrogens with zero attached hydrogens (tertiary/aromatic N) is 3. The summed E-state index contributed by atoms with van der Waals surface area (Å²) < 4.78 is 37.6. The first-order valence-electron chi connectivity index (χ1n) is 7.81. The van der Waals surface area contributed by atoms with E-state index in [4.69, 9.17) is 9.47 Å². The molecule has 0 saturated heterocycles. The number of carbonyl (C=O) groups excluding carboxylic acids is 1. The number of carbonyl (C=O) groups is 1. The third kappa shape index (κ3) is 4.94. The molecule has 2 amide bonds. The van der Waals surface area contributed by atoms with Gasteiger partial charge in [0.05, 0.1) is 20.3 Å². The largest absolute Gasteiger partial charge is 0.481 e. The fourth-order valence-electron chi connectivity index (χ4n) is 2.11. The van der Waals surface area contributed by atoms with Crippen LogP contribution in [0.3, 0.4) is 0 Å². The van der Waals surface area contributed by atoms with Crippen molar-refractivity contribution in [2.45, 2.75) is 24.8 Å². The molecule has 0 unspecified atom stereocenters. The Hall–Kier alpha value is -3.15. The van der Waals surface area contributed by atoms with Crippen molar-refractivity contribution in [2.24, 2.45) is 0 Å². The van der Waals surface area contributed by atoms with Gasteiger partial charge in [-0.05, 0) is 18.6 Å². The van der Waals surface area contributed by atoms with Gasteiger partial charge in [-0.3, -0.25) is 10.1 Å². The number of anilines is 1. The molecule has 2 heterocycles. The lowest BCUT2D eigenvalue weighted by molar-refractivity contribution is 0.256. The predicted molar refractivity (Wildman–Crippen MR) is 95.5 cm³/mol. The summed E-state index contributed by atoms with van der Waals surface area (Å²) >= 11 is 0. The number of amides is 2. The van der Waals surface area contributed by atoms with Crippen LogP contribution in [-0.4, -0.2) is 43.2 Å². The van der Waals surface area contributed by atoms with Crippen LogP contribution in [0.25, 0.3) is 0 Å². The molecule has 2 aromatic heterocycles. The molecule has 27 heavy (non-hydrogen) atoms. The van der Waals surface area contributed by atoms with Crippen LogP contribution in [0.1, 0.15) is 13.3 Å². The molecule has 146 valence electrons. The summed E-state index contributed by atoms with van der Waals surface area (Å²) in [4.78, 5) is 31.5. The summed E-state index contributed by atoms with van der Waals surface area (Å²) in [6.45, 7) is 2.20. The molecular weight excluding hydrogens is 378 g/mol. The number of urea groups is 1. The van der Waals surface area contributed by atoms with E-state index in [-0.39, 0.29) is 17.7 Å². The van der Waals surface area contributed by atoms with Gasteiger partial charge in [-0.1, -0.05) is 6.92 Å². The number of nitrogens with one attached hydrogen (secondary N) is 2. The smallest absolute Gasteiger partial charge is 0.335 e. The highest BCUT2D eigenvalue weighted by molar-refractivity contribution is 7.90. The topological polar surface area (TPSA) is 142 Å². The molecule has 0 aliphatic rings. The van der Waals surface area contributed by atoms with Crippen molar-refractivity contribution in [1.82, 2.24) is 19.3 Å². The van der Waals surface area contributed by atoms with Crippen molar-refractivity contribution in [2.75, 3.05) is 19.5 Å². The van der Waals surface area contributed by atoms with Crippen LogP contribution in [0, 0.1) is 0 Å². The van der Waals surface area contributed by atoms with Gasteiger partial charge in [0.15, 0.2) is 4.90 Å². The molecule has 2 rings (SSSR count). The van der Waals surface area contributed by atoms with Gasteiger partial charge in [0.2, 0.25) is 17.7 Å². The van der Waals surface area contributed by atoms with E-state index in [0.29, 0.717) is 13.0 Å². The lowest BCUT2D eigenvalue weighted by Crippen LogP contribution is -2.38. The average Bonchev–Trinajstić information content (AvgIpc) is 2.62. The number of aromatic nitrogens is 3. The second-order valence-corrected chi connectivity index (χ2v) is 6.86. The Morgan fingerprint density at radius 1 is 1.22 bits per heavy atom. The van der Waals surface area contributed by atoms with Gasteiger partial charge < -0.3 is 14.0 Å². The Bertz CT molecular complexity index is 966. The number of sulfonamides is 1. The Balaban J connectivity index is 2.23. The van der Waals surface area contributed by atoms with E-state index in [2.05, 4.69) is 15.3 Å². The molecule has 0 aromatic carbocycles. The molecule has 11 nitrogen and oxygen atoms in total. The number of hydrogen-bond donors (Lipinski definition) is 2. The number of rotatable bonds is 7. The maximum absolute atomic E-state index is 12.4. The number of aryl methyl sites for hydroxylation is 1. The second kappa shape index (κ2) is 8.49. The molecule has 0 atom stereocenters. The van der Waals surface area contributed by atoms with E-state index in [1.54, 1.807) is 4.72 Å². The van der Waals surface area contributed by atoms with Gasteiger partial charge in [-0.2, -0.15) is 9.97 Å². The molecule has 0 radical (unpaired) electrons. The van der Waals surface area contributed by atoms with E-state index in [1.165, 1.54) is 37.1 Å². The highest BCUT2D eigenvalue weighted by atomic mass is 32.2. The Kier molecular flexibility index (Phi) is 6.34. The van der Waals surface area contributed by atoms with Crippen LogP contribution >= 0.6 is 0 Å². The molecule has 0 aliphatic heterocycles. The minimum atomic E-state index is -4.40. The highest BCUT2D eigenvalue weighted by Gasteiger charge is 2.22. The summed E-state index contributed by atoms with van der Waals surface area (Å²) in [6, 6.07) is 2.77. The second-order valence-electron chi connectivity index (χ2n) is 5.21. The summed E-state index contributed by atoms with van der Waals surface area (Å²) in [6.07, 6.45) is 2.12. The van der Waals surface area contributed by atoms with E-state index < -0.39 is 26.5 Å². The maximum atomic E-state index is 12.4. The fourth-order valence-corrected chi connectivity index (χ4v) is 3.12. The van der Waals surface area contributed by atoms with E-state index in [1.807, 2.05) is 6.92 Å². The molecular formula is C15H19N5O6S. The molecule has 0 saturated carbocycles. The molecule has 0 spiro atoms. The summed E-state index contributed by atoms with van der Waals surface area (Å²) in [5.41, 5.74) is -0.723. The first-order valence-corrected chi connectivity index (χ1v) is 9.29. The quantitative estimate of drug-likeness (QED) is 0.691. The third-order valence-corrected chi connectivity index (χ3v) is 4.63. The predicted octanol–water partition coefficient (Wildman–Crippen LogP) is 0.576. The van der Waals surface area contributed by atoms with Crippen LogP contribution in [0.4, 0.5) is 10.7 Å². The van der Waals surface area contributed by atoms with Crippen LogP contribution in [0.2, 0.25) is 0 Å². The first kappa shape index (κ1) is 20.2. The van der Waals surface area contributed by atoms with Gasteiger partial charge >= 0.3 is 6.03 Å². The molecule has 0 fully saturated rings. The van der Waals surface area contributed by atoms with Crippen LogP contribution in [0.15, 0.2) is 34.1 Å². The zero-order chi connectivity index (χ0) is 20.0. The summed E-state index contributed by atoms with van der Waals surface area (Å²) in [5.74, 6) is -0.0357. The van der Waals surface area contributed by atoms with Gasteiger partial charge in [0.1, 0.15) is 0 Å². The van der Waals surface area contributed by atoms with Crippen molar-refractivity contribution in [3.05, 3.63) is 34.7 Å². The normalized spacial score (nSPS) is 10.9. The van der Waals surface area contributed by atoms with Crippen LogP contribution < -0.4 is 25.1 Å². The van der Waals surface area contributed by atoms with Gasteiger partial charge in [0, 0.05) is 12.7 Å². The summed E-state index contributed by atoms with van der Waals surface area (Å²) in [7, 11) is -1.69. The minimum Gasteiger partial charge on any atom is -0.481 e. The highest BCUT2D eigenvalue weighted by Crippen LogP contribution is 2.17. The van der Waals surface area contributed by atoms with Gasteiger partial charge in [0.25, 0.3) is 15.6 Å². The van der Waals surface area contributed by atoms with E-state index >= 15 is 0 Å². The SMILES string of the molecule is CCCn1cccc(S(=O)(=O)NC(=O)Nc2nc(OC)cc(OC)n2)c1=O. The fraction of sp³-hybridized carbons (Fsp3) is 0.333. The molecule has 12 heteroatoms. The van der Waals surface area contributed by atoms with Crippen molar-refractivity contribution >= 4 is 22.0 Å². The third-order valence-electron chi connectivity index (χ3n) is 3.29. The number of pyridine rings is 1. The Morgan fingerprint density at radius 2 is 1.85 bits per heavy atom. The van der Waals surface area contributed by atoms with E-state index in [9.17, 15) is 18.0 Å². The number of hydrogen-bond acceptors (Lipinski definition) is 8. The maximum Gasteiger partial charge on any atom is 0.335 e. The van der Waals surface area contributed by atoms with Crippen molar-refractivity contribution in [3.63, 3.8) is 0 Å². The van der Waals surface area contributed by atoms with Crippen molar-refractivity contribution in [3.8, 4) is 11.8 Å². The summed E-state index contributed by atoms with van der Waals surface area (Å²) in [5, 5.41) is 2.16. The monoisotopic (exact) mass is 397 g/mol. The van der Waals surface area contributed by atoms with Gasteiger partial charge in [-0.25, -0.2) is 17.9 Å². The van der Waals surface area contributed by atoms with E-state index in [0.717, 1.165) is 6.07 Å². The van der Waals surface area contributed by atoms with Gasteiger partial charge in [-0.15, -0.1) is 0 Å². The Morgan fingerprint density at radius 3 is 2.41 bits per heavy atom. The zero-order valence-electron chi connectivity index (χ0n) is 14.9. The molecule has 0 aliphatic carbocycles. The molecule has 0 bridgehead atoms. The van der Waals surface area contributed by atoms with Crippen molar-refractivity contribution in [1.29, 1.82) is 0 Å².